The van der Waals surface area contributed by atoms with Crippen LogP contribution in [0.15, 0.2) is 0 Å². The summed E-state index contributed by atoms with van der Waals surface area (Å²) in [5, 5.41) is 13.6. The maximum atomic E-state index is 8.60. The van der Waals surface area contributed by atoms with Gasteiger partial charge < -0.3 is 10.9 Å². The fraction of sp³-hybridized carbons (Fsp3) is 0. The Morgan fingerprint density at radius 2 is 1.27 bits per heavy atom. The van der Waals surface area contributed by atoms with Gasteiger partial charge >= 0.3 is 46.1 Å². The number of halogens is 1. The second-order valence-corrected chi connectivity index (χ2v) is 1.43. The van der Waals surface area contributed by atoms with Crippen molar-refractivity contribution in [2.75, 3.05) is 0 Å². The van der Waals surface area contributed by atoms with Crippen LogP contribution < -0.4 is 14.0 Å². The summed E-state index contributed by atoms with van der Waals surface area (Å²) in [6, 6.07) is 0. The summed E-state index contributed by atoms with van der Waals surface area (Å²) < 4.78 is 32.7. The SMILES string of the molecule is O=[N+]([O-])O.[H-].[H-].[H-].[H-].[Mg+2].[Mg+2].[O-][Cl+3]([O-])([O-])O. The van der Waals surface area contributed by atoms with E-state index in [1.165, 1.54) is 0 Å². The maximum Gasteiger partial charge on any atom is 2.00 e. The second kappa shape index (κ2) is 10.9. The van der Waals surface area contributed by atoms with Gasteiger partial charge in [0.1, 0.15) is 0 Å². The van der Waals surface area contributed by atoms with Gasteiger partial charge in [-0.1, -0.05) is 0 Å². The fourth-order valence-electron chi connectivity index (χ4n) is 0. The van der Waals surface area contributed by atoms with Crippen LogP contribution in [-0.4, -0.2) is 61.1 Å². The number of hydrogen-bond donors (Lipinski definition) is 2. The topological polar surface area (TPSA) is 153 Å². The molecule has 11 heteroatoms. The third-order valence-corrected chi connectivity index (χ3v) is 0. The Kier molecular flexibility index (Phi) is 22.4. The van der Waals surface area contributed by atoms with Gasteiger partial charge in [-0.05, 0) is 0 Å². The normalized spacial score (nSPS) is 7.64. The van der Waals surface area contributed by atoms with Crippen LogP contribution in [0, 0.1) is 20.4 Å². The van der Waals surface area contributed by atoms with Crippen molar-refractivity contribution in [3.63, 3.8) is 0 Å². The van der Waals surface area contributed by atoms with Crippen LogP contribution in [0.1, 0.15) is 5.71 Å². The minimum Gasteiger partial charge on any atom is -1.00 e. The Balaban J connectivity index is -0.00000000785. The molecule has 0 heterocycles. The first-order valence-corrected chi connectivity index (χ1v) is 2.46. The Hall–Kier alpha value is 0.862. The molecule has 0 aromatic rings. The number of hydrogen-bond acceptors (Lipinski definition) is 6. The van der Waals surface area contributed by atoms with Crippen molar-refractivity contribution in [2.24, 2.45) is 0 Å². The maximum absolute atomic E-state index is 8.60. The Labute approximate surface area is 101 Å². The zero-order valence-corrected chi connectivity index (χ0v) is 8.76. The third-order valence-electron chi connectivity index (χ3n) is 0. The molecule has 0 aliphatic heterocycles. The molecule has 0 amide bonds. The fourth-order valence-corrected chi connectivity index (χ4v) is 0. The molecule has 0 rings (SSSR count). The molecule has 0 spiro atoms. The molecule has 0 saturated heterocycles. The van der Waals surface area contributed by atoms with E-state index in [4.69, 9.17) is 34.0 Å². The van der Waals surface area contributed by atoms with Crippen molar-refractivity contribution >= 4 is 46.1 Å². The van der Waals surface area contributed by atoms with Gasteiger partial charge in [0, 0.05) is 0 Å². The first-order valence-electron chi connectivity index (χ1n) is 1.20. The van der Waals surface area contributed by atoms with Crippen molar-refractivity contribution in [1.29, 1.82) is 0 Å². The van der Waals surface area contributed by atoms with E-state index in [1.54, 1.807) is 0 Å². The quantitative estimate of drug-likeness (QED) is 0.234. The van der Waals surface area contributed by atoms with Crippen molar-refractivity contribution in [1.82, 2.24) is 0 Å². The van der Waals surface area contributed by atoms with E-state index in [0.717, 1.165) is 0 Å². The van der Waals surface area contributed by atoms with Gasteiger partial charge in [-0.15, -0.1) is 10.1 Å². The molecular formula is H6ClMg2NO7. The van der Waals surface area contributed by atoms with Crippen LogP contribution in [0.4, 0.5) is 0 Å². The van der Waals surface area contributed by atoms with Crippen LogP contribution in [0.3, 0.4) is 0 Å². The van der Waals surface area contributed by atoms with Crippen LogP contribution in [0.25, 0.3) is 0 Å². The smallest absolute Gasteiger partial charge is 1.00 e. The van der Waals surface area contributed by atoms with Gasteiger partial charge in [-0.2, -0.15) is 14.0 Å². The van der Waals surface area contributed by atoms with E-state index in [-0.39, 0.29) is 51.8 Å². The summed E-state index contributed by atoms with van der Waals surface area (Å²) in [5.74, 6) is 0. The molecule has 64 valence electrons. The van der Waals surface area contributed by atoms with E-state index in [0.29, 0.717) is 0 Å². The molecule has 8 nitrogen and oxygen atoms in total. The number of nitrogens with zero attached hydrogens (tertiary/aromatic N) is 1. The first-order chi connectivity index (χ1) is 3.73. The summed E-state index contributed by atoms with van der Waals surface area (Å²) >= 11 is 0. The van der Waals surface area contributed by atoms with Gasteiger partial charge in [-0.3, -0.25) is 0 Å². The van der Waals surface area contributed by atoms with Crippen molar-refractivity contribution in [3.05, 3.63) is 10.1 Å². The average Bonchev–Trinajstić information content (AvgIpc) is 1.19. The van der Waals surface area contributed by atoms with E-state index >= 15 is 0 Å². The molecule has 0 aromatic heterocycles. The van der Waals surface area contributed by atoms with E-state index in [9.17, 15) is 0 Å². The predicted molar refractivity (Wildman–Crippen MR) is 27.0 cm³/mol. The Morgan fingerprint density at radius 1 is 1.27 bits per heavy atom. The van der Waals surface area contributed by atoms with Crippen LogP contribution in [-0.2, 0) is 0 Å². The van der Waals surface area contributed by atoms with Crippen LogP contribution in [0.5, 0.6) is 0 Å². The van der Waals surface area contributed by atoms with Gasteiger partial charge in [0.25, 0.3) is 5.09 Å². The molecule has 0 atom stereocenters. The minimum atomic E-state index is -4.69. The summed E-state index contributed by atoms with van der Waals surface area (Å²) in [6.45, 7) is 0. The van der Waals surface area contributed by atoms with E-state index < -0.39 is 15.3 Å². The standard InChI is InChI=1S/ClHO4.2Mg.HNO3.4H/c2-1(3,4)5;;;2-1(3)4;;;;/h(H,2,3,4,5);;;(H,2,3,4);;;;/q;2*+2;;4*-1. The third kappa shape index (κ3) is 1150. The number of rotatable bonds is 0. The van der Waals surface area contributed by atoms with Gasteiger partial charge in [0.15, 0.2) is 0 Å². The second-order valence-electron chi connectivity index (χ2n) is 0.634. The largest absolute Gasteiger partial charge is 2.00 e. The molecule has 2 N–H and O–H groups in total. The summed E-state index contributed by atoms with van der Waals surface area (Å²) in [6.07, 6.45) is 0. The molecule has 0 fully saturated rings. The van der Waals surface area contributed by atoms with Crippen molar-refractivity contribution in [3.8, 4) is 0 Å². The molecular weight excluding hydrogens is 210 g/mol. The minimum absolute atomic E-state index is 0. The zero-order chi connectivity index (χ0) is 8.08. The molecule has 0 radical (unpaired) electrons. The van der Waals surface area contributed by atoms with Crippen LogP contribution in [0.2, 0.25) is 0 Å². The zero-order valence-electron chi connectivity index (χ0n) is 9.18. The molecule has 0 bridgehead atoms. The van der Waals surface area contributed by atoms with Gasteiger partial charge in [-0.25, -0.2) is 0 Å². The molecule has 0 saturated carbocycles. The van der Waals surface area contributed by atoms with Crippen LogP contribution >= 0.6 is 0 Å². The molecule has 0 aromatic carbocycles. The molecule has 0 unspecified atom stereocenters. The summed E-state index contributed by atoms with van der Waals surface area (Å²) in [5.41, 5.74) is 0. The predicted octanol–water partition coefficient (Wildman–Crippen LogP) is -4.78. The van der Waals surface area contributed by atoms with Crippen molar-refractivity contribution in [2.45, 2.75) is 0 Å². The van der Waals surface area contributed by atoms with Gasteiger partial charge in [0.2, 0.25) is 0 Å². The Bertz CT molecular complexity index is 91.5. The van der Waals surface area contributed by atoms with Gasteiger partial charge in [0.05, 0.1) is 14.9 Å². The molecule has 11 heavy (non-hydrogen) atoms. The Morgan fingerprint density at radius 3 is 1.27 bits per heavy atom. The average molecular weight is 216 g/mol. The molecule has 0 aliphatic carbocycles. The van der Waals surface area contributed by atoms with E-state index in [2.05, 4.69) is 0 Å². The first kappa shape index (κ1) is 22.6. The summed E-state index contributed by atoms with van der Waals surface area (Å²) in [4.78, 5) is 8.36. The van der Waals surface area contributed by atoms with E-state index in [1.807, 2.05) is 0 Å². The monoisotopic (exact) mass is 215 g/mol. The summed E-state index contributed by atoms with van der Waals surface area (Å²) in [7, 11) is -4.69. The molecule has 0 aliphatic rings. The van der Waals surface area contributed by atoms with Crippen molar-refractivity contribution < 1.29 is 44.9 Å².